The third kappa shape index (κ3) is 6.32. The van der Waals surface area contributed by atoms with E-state index in [-0.39, 0.29) is 43.8 Å². The number of fused-ring (bicyclic) bond motifs is 1. The van der Waals surface area contributed by atoms with Gasteiger partial charge >= 0.3 is 5.97 Å². The molecule has 1 heterocycles. The quantitative estimate of drug-likeness (QED) is 0.257. The van der Waals surface area contributed by atoms with Crippen LogP contribution in [0.1, 0.15) is 39.6 Å². The van der Waals surface area contributed by atoms with Gasteiger partial charge in [0, 0.05) is 24.1 Å². The Labute approximate surface area is 256 Å². The van der Waals surface area contributed by atoms with E-state index in [0.29, 0.717) is 33.9 Å². The predicted octanol–water partition coefficient (Wildman–Crippen LogP) is 5.87. The highest BCUT2D eigenvalue weighted by Gasteiger charge is 2.31. The molecule has 0 bridgehead atoms. The van der Waals surface area contributed by atoms with Crippen molar-refractivity contribution < 1.29 is 28.7 Å². The first-order valence-corrected chi connectivity index (χ1v) is 14.3. The van der Waals surface area contributed by atoms with Gasteiger partial charge in [-0.2, -0.15) is 0 Å². The van der Waals surface area contributed by atoms with Crippen LogP contribution in [-0.4, -0.2) is 50.5 Å². The second-order valence-corrected chi connectivity index (χ2v) is 10.3. The zero-order chi connectivity index (χ0) is 31.2. The van der Waals surface area contributed by atoms with Crippen LogP contribution in [0.4, 0.5) is 17.1 Å². The summed E-state index contributed by atoms with van der Waals surface area (Å²) in [4.78, 5) is 55.5. The lowest BCUT2D eigenvalue weighted by Gasteiger charge is -2.25. The lowest BCUT2D eigenvalue weighted by atomic mass is 9.98. The number of nitrogens with zero attached hydrogens (tertiary/aromatic N) is 2. The maximum Gasteiger partial charge on any atom is 0.326 e. The van der Waals surface area contributed by atoms with Gasteiger partial charge in [-0.3, -0.25) is 24.1 Å². The van der Waals surface area contributed by atoms with Crippen molar-refractivity contribution in [3.05, 3.63) is 108 Å². The summed E-state index contributed by atoms with van der Waals surface area (Å²) >= 11 is 0. The number of carbonyl (C=O) groups excluding carboxylic acids is 4. The average molecular weight is 592 g/mol. The van der Waals surface area contributed by atoms with E-state index < -0.39 is 5.97 Å². The first-order chi connectivity index (χ1) is 21.3. The molecule has 4 aromatic rings. The zero-order valence-electron chi connectivity index (χ0n) is 24.8. The Kier molecular flexibility index (Phi) is 9.04. The minimum Gasteiger partial charge on any atom is -0.495 e. The summed E-state index contributed by atoms with van der Waals surface area (Å²) in [5.41, 5.74) is 4.99. The molecule has 0 atom stereocenters. The smallest absolute Gasteiger partial charge is 0.326 e. The third-order valence-corrected chi connectivity index (χ3v) is 7.38. The molecule has 0 fully saturated rings. The summed E-state index contributed by atoms with van der Waals surface area (Å²) in [7, 11) is 1.46. The highest BCUT2D eigenvalue weighted by molar-refractivity contribution is 6.13. The Balaban J connectivity index is 1.41. The van der Waals surface area contributed by atoms with Gasteiger partial charge in [0.25, 0.3) is 11.8 Å². The summed E-state index contributed by atoms with van der Waals surface area (Å²) in [6, 6.07) is 27.1. The van der Waals surface area contributed by atoms with E-state index in [1.807, 2.05) is 49.4 Å². The van der Waals surface area contributed by atoms with E-state index >= 15 is 0 Å². The van der Waals surface area contributed by atoms with Crippen molar-refractivity contribution in [3.8, 4) is 16.9 Å². The van der Waals surface area contributed by atoms with Gasteiger partial charge in [-0.15, -0.1) is 0 Å². The number of anilines is 3. The summed E-state index contributed by atoms with van der Waals surface area (Å²) in [5.74, 6) is -1.19. The SMILES string of the molecule is CCOC(=O)CN1C(=O)CCN(C(=O)c2ccc(NC(=O)c3ccccc3-c3ccc(C)cc3)c(OC)c2)c2ccccc21. The van der Waals surface area contributed by atoms with E-state index in [2.05, 4.69) is 5.32 Å². The molecular formula is C35H33N3O6. The maximum absolute atomic E-state index is 13.9. The number of hydrogen-bond acceptors (Lipinski definition) is 6. The van der Waals surface area contributed by atoms with Crippen molar-refractivity contribution in [2.75, 3.05) is 41.9 Å². The van der Waals surface area contributed by atoms with E-state index in [4.69, 9.17) is 9.47 Å². The van der Waals surface area contributed by atoms with Crippen molar-refractivity contribution in [1.29, 1.82) is 0 Å². The lowest BCUT2D eigenvalue weighted by molar-refractivity contribution is -0.142. The van der Waals surface area contributed by atoms with Crippen LogP contribution < -0.4 is 19.9 Å². The van der Waals surface area contributed by atoms with Crippen LogP contribution in [0, 0.1) is 6.92 Å². The fourth-order valence-corrected chi connectivity index (χ4v) is 5.18. The fraction of sp³-hybridized carbons (Fsp3) is 0.200. The number of carbonyl (C=O) groups is 4. The Morgan fingerprint density at radius 1 is 0.886 bits per heavy atom. The van der Waals surface area contributed by atoms with Crippen molar-refractivity contribution in [2.45, 2.75) is 20.3 Å². The van der Waals surface area contributed by atoms with Crippen LogP contribution in [0.15, 0.2) is 91.0 Å². The van der Waals surface area contributed by atoms with Gasteiger partial charge in [-0.25, -0.2) is 0 Å². The predicted molar refractivity (Wildman–Crippen MR) is 169 cm³/mol. The van der Waals surface area contributed by atoms with Crippen LogP contribution in [0.3, 0.4) is 0 Å². The lowest BCUT2D eigenvalue weighted by Crippen LogP contribution is -2.36. The number of para-hydroxylation sites is 2. The molecule has 0 aliphatic carbocycles. The molecule has 5 rings (SSSR count). The molecule has 224 valence electrons. The number of hydrogen-bond donors (Lipinski definition) is 1. The van der Waals surface area contributed by atoms with E-state index in [9.17, 15) is 19.2 Å². The van der Waals surface area contributed by atoms with Crippen molar-refractivity contribution in [1.82, 2.24) is 0 Å². The molecule has 0 unspecified atom stereocenters. The van der Waals surface area contributed by atoms with Gasteiger partial charge in [-0.1, -0.05) is 60.2 Å². The minimum absolute atomic E-state index is 0.0193. The average Bonchev–Trinajstić information content (AvgIpc) is 3.17. The van der Waals surface area contributed by atoms with Crippen LogP contribution >= 0.6 is 0 Å². The second-order valence-electron chi connectivity index (χ2n) is 10.3. The topological polar surface area (TPSA) is 105 Å². The fourth-order valence-electron chi connectivity index (χ4n) is 5.18. The van der Waals surface area contributed by atoms with E-state index in [0.717, 1.165) is 16.7 Å². The van der Waals surface area contributed by atoms with Gasteiger partial charge in [-0.05, 0) is 61.4 Å². The summed E-state index contributed by atoms with van der Waals surface area (Å²) in [5, 5.41) is 2.93. The molecule has 0 spiro atoms. The number of methoxy groups -OCH3 is 1. The summed E-state index contributed by atoms with van der Waals surface area (Å²) in [6.45, 7) is 3.77. The van der Waals surface area contributed by atoms with Gasteiger partial charge in [0.2, 0.25) is 5.91 Å². The number of amides is 3. The number of benzene rings is 4. The summed E-state index contributed by atoms with van der Waals surface area (Å²) in [6.07, 6.45) is 0.0193. The third-order valence-electron chi connectivity index (χ3n) is 7.38. The second kappa shape index (κ2) is 13.2. The number of rotatable bonds is 8. The van der Waals surface area contributed by atoms with Crippen LogP contribution in [0.2, 0.25) is 0 Å². The highest BCUT2D eigenvalue weighted by atomic mass is 16.5. The van der Waals surface area contributed by atoms with Crippen molar-refractivity contribution in [3.63, 3.8) is 0 Å². The minimum atomic E-state index is -0.528. The number of esters is 1. The van der Waals surface area contributed by atoms with Gasteiger partial charge in [0.15, 0.2) is 0 Å². The summed E-state index contributed by atoms with van der Waals surface area (Å²) < 4.78 is 10.6. The van der Waals surface area contributed by atoms with Crippen molar-refractivity contribution in [2.24, 2.45) is 0 Å². The Hall–Kier alpha value is -5.44. The maximum atomic E-state index is 13.9. The van der Waals surface area contributed by atoms with Crippen molar-refractivity contribution >= 4 is 40.8 Å². The number of ether oxygens (including phenoxy) is 2. The van der Waals surface area contributed by atoms with Gasteiger partial charge in [0.1, 0.15) is 12.3 Å². The van der Waals surface area contributed by atoms with Crippen LogP contribution in [0.25, 0.3) is 11.1 Å². The first-order valence-electron chi connectivity index (χ1n) is 14.3. The first kappa shape index (κ1) is 30.0. The molecule has 4 aromatic carbocycles. The van der Waals surface area contributed by atoms with Gasteiger partial charge in [0.05, 0.1) is 30.8 Å². The number of nitrogens with one attached hydrogen (secondary N) is 1. The normalized spacial score (nSPS) is 12.7. The Bertz CT molecular complexity index is 1720. The molecule has 3 amide bonds. The molecule has 0 saturated carbocycles. The highest BCUT2D eigenvalue weighted by Crippen LogP contribution is 2.35. The largest absolute Gasteiger partial charge is 0.495 e. The zero-order valence-corrected chi connectivity index (χ0v) is 24.8. The molecule has 44 heavy (non-hydrogen) atoms. The van der Waals surface area contributed by atoms with Crippen LogP contribution in [0.5, 0.6) is 5.75 Å². The Morgan fingerprint density at radius 3 is 2.32 bits per heavy atom. The molecule has 0 aromatic heterocycles. The molecule has 9 heteroatoms. The molecule has 9 nitrogen and oxygen atoms in total. The molecule has 0 radical (unpaired) electrons. The standard InChI is InChI=1S/C35H33N3O6/c1-4-44-33(40)22-38-30-12-8-7-11-29(30)37(20-19-32(38)39)35(42)25-17-18-28(31(21-25)43-3)36-34(41)27-10-6-5-9-26(27)24-15-13-23(2)14-16-24/h5-18,21H,4,19-20,22H2,1-3H3,(H,36,41). The molecule has 1 aliphatic rings. The molecule has 1 N–H and O–H groups in total. The van der Waals surface area contributed by atoms with E-state index in [1.54, 1.807) is 55.5 Å². The molecule has 0 saturated heterocycles. The monoisotopic (exact) mass is 591 g/mol. The van der Waals surface area contributed by atoms with Gasteiger partial charge < -0.3 is 19.7 Å². The molecular weight excluding hydrogens is 558 g/mol. The van der Waals surface area contributed by atoms with Crippen LogP contribution in [-0.2, 0) is 14.3 Å². The Morgan fingerprint density at radius 2 is 1.59 bits per heavy atom. The van der Waals surface area contributed by atoms with E-state index in [1.165, 1.54) is 16.9 Å². The molecule has 1 aliphatic heterocycles. The number of aryl methyl sites for hydroxylation is 1.